The first kappa shape index (κ1) is 22.4. The number of aliphatic hydroxyl groups is 1. The predicted octanol–water partition coefficient (Wildman–Crippen LogP) is 3.21. The van der Waals surface area contributed by atoms with E-state index in [1.807, 2.05) is 18.2 Å². The third kappa shape index (κ3) is 5.52. The van der Waals surface area contributed by atoms with E-state index in [2.05, 4.69) is 51.2 Å². The van der Waals surface area contributed by atoms with Gasteiger partial charge in [0.15, 0.2) is 0 Å². The van der Waals surface area contributed by atoms with Crippen LogP contribution in [0.3, 0.4) is 0 Å². The number of aromatic nitrogens is 2. The van der Waals surface area contributed by atoms with E-state index in [4.69, 9.17) is 11.6 Å². The van der Waals surface area contributed by atoms with Crippen molar-refractivity contribution in [3.63, 3.8) is 0 Å². The minimum atomic E-state index is -0.628. The molecule has 0 bridgehead atoms. The number of benzene rings is 2. The van der Waals surface area contributed by atoms with Gasteiger partial charge in [-0.3, -0.25) is 9.80 Å². The number of hydrogen-bond donors (Lipinski definition) is 1. The summed E-state index contributed by atoms with van der Waals surface area (Å²) >= 11 is 6.11. The molecular formula is C23H26ClN5O3. The zero-order valence-electron chi connectivity index (χ0n) is 17.6. The van der Waals surface area contributed by atoms with Crippen LogP contribution in [0, 0.1) is 10.1 Å². The number of nitrogens with zero attached hydrogens (tertiary/aromatic N) is 5. The van der Waals surface area contributed by atoms with Crippen LogP contribution in [-0.4, -0.2) is 68.2 Å². The molecule has 8 nitrogen and oxygen atoms in total. The molecule has 2 aromatic carbocycles. The van der Waals surface area contributed by atoms with Crippen molar-refractivity contribution in [3.05, 3.63) is 93.4 Å². The van der Waals surface area contributed by atoms with Gasteiger partial charge in [-0.15, -0.1) is 0 Å². The Morgan fingerprint density at radius 1 is 1.00 bits per heavy atom. The third-order valence-corrected chi connectivity index (χ3v) is 6.02. The highest BCUT2D eigenvalue weighted by Crippen LogP contribution is 2.30. The normalized spacial score (nSPS) is 17.2. The van der Waals surface area contributed by atoms with E-state index < -0.39 is 11.0 Å². The van der Waals surface area contributed by atoms with Gasteiger partial charge in [-0.2, -0.15) is 0 Å². The summed E-state index contributed by atoms with van der Waals surface area (Å²) < 4.78 is 1.56. The first-order chi connectivity index (χ1) is 15.5. The van der Waals surface area contributed by atoms with Crippen LogP contribution in [0.4, 0.5) is 5.82 Å². The van der Waals surface area contributed by atoms with E-state index in [0.29, 0.717) is 6.54 Å². The SMILES string of the molecule is O=[N+]([O-])c1cn(CC(O)CN2CCN(C(c3ccccc3)c3ccc(Cl)cc3)CC2)cn1. The van der Waals surface area contributed by atoms with Gasteiger partial charge in [0.2, 0.25) is 6.33 Å². The molecule has 0 aliphatic carbocycles. The fourth-order valence-corrected chi connectivity index (χ4v) is 4.37. The van der Waals surface area contributed by atoms with Crippen molar-refractivity contribution in [2.75, 3.05) is 32.7 Å². The molecule has 168 valence electrons. The van der Waals surface area contributed by atoms with Crippen LogP contribution in [0.5, 0.6) is 0 Å². The van der Waals surface area contributed by atoms with E-state index >= 15 is 0 Å². The summed E-state index contributed by atoms with van der Waals surface area (Å²) in [7, 11) is 0. The van der Waals surface area contributed by atoms with E-state index in [-0.39, 0.29) is 18.4 Å². The standard InChI is InChI=1S/C23H26ClN5O3/c24-20-8-6-19(7-9-20)23(18-4-2-1-3-5-18)28-12-10-26(11-13-28)14-21(30)15-27-16-22(25-17-27)29(31)32/h1-9,16-17,21,23,30H,10-15H2. The summed E-state index contributed by atoms with van der Waals surface area (Å²) in [5.74, 6) is -0.208. The van der Waals surface area contributed by atoms with Gasteiger partial charge in [0, 0.05) is 37.7 Å². The van der Waals surface area contributed by atoms with Crippen LogP contribution in [-0.2, 0) is 6.54 Å². The Morgan fingerprint density at radius 3 is 2.28 bits per heavy atom. The quantitative estimate of drug-likeness (QED) is 0.414. The Morgan fingerprint density at radius 2 is 1.66 bits per heavy atom. The van der Waals surface area contributed by atoms with Crippen molar-refractivity contribution < 1.29 is 10.0 Å². The molecule has 1 fully saturated rings. The number of β-amino-alcohol motifs (C(OH)–C–C–N with tert-alkyl or cyclic N) is 1. The molecule has 1 aliphatic rings. The molecule has 0 saturated carbocycles. The molecule has 2 heterocycles. The zero-order valence-corrected chi connectivity index (χ0v) is 18.4. The summed E-state index contributed by atoms with van der Waals surface area (Å²) in [6.45, 7) is 4.18. The van der Waals surface area contributed by atoms with Crippen molar-refractivity contribution in [1.29, 1.82) is 0 Å². The Hall–Kier alpha value is -2.78. The highest BCUT2D eigenvalue weighted by atomic mass is 35.5. The minimum absolute atomic E-state index is 0.145. The molecule has 32 heavy (non-hydrogen) atoms. The van der Waals surface area contributed by atoms with E-state index in [1.54, 1.807) is 4.57 Å². The van der Waals surface area contributed by atoms with Gasteiger partial charge in [-0.1, -0.05) is 54.1 Å². The van der Waals surface area contributed by atoms with Gasteiger partial charge in [0.05, 0.1) is 18.7 Å². The molecule has 3 aromatic rings. The van der Waals surface area contributed by atoms with Crippen molar-refractivity contribution in [1.82, 2.24) is 19.4 Å². The van der Waals surface area contributed by atoms with Crippen LogP contribution in [0.1, 0.15) is 17.2 Å². The molecule has 2 atom stereocenters. The Kier molecular flexibility index (Phi) is 7.16. The first-order valence-electron chi connectivity index (χ1n) is 10.6. The summed E-state index contributed by atoms with van der Waals surface area (Å²) in [4.78, 5) is 18.7. The van der Waals surface area contributed by atoms with Crippen molar-refractivity contribution in [2.24, 2.45) is 0 Å². The van der Waals surface area contributed by atoms with Gasteiger partial charge in [0.1, 0.15) is 6.20 Å². The van der Waals surface area contributed by atoms with Crippen LogP contribution in [0.15, 0.2) is 67.1 Å². The van der Waals surface area contributed by atoms with E-state index in [9.17, 15) is 15.2 Å². The zero-order chi connectivity index (χ0) is 22.5. The lowest BCUT2D eigenvalue weighted by atomic mass is 9.96. The van der Waals surface area contributed by atoms with E-state index in [1.165, 1.54) is 23.7 Å². The minimum Gasteiger partial charge on any atom is -0.390 e. The fraction of sp³-hybridized carbons (Fsp3) is 0.348. The number of imidazole rings is 1. The van der Waals surface area contributed by atoms with Gasteiger partial charge < -0.3 is 19.8 Å². The highest BCUT2D eigenvalue weighted by Gasteiger charge is 2.27. The largest absolute Gasteiger partial charge is 0.390 e. The number of halogens is 1. The molecule has 0 amide bonds. The second-order valence-corrected chi connectivity index (χ2v) is 8.48. The molecular weight excluding hydrogens is 430 g/mol. The maximum absolute atomic E-state index is 10.8. The lowest BCUT2D eigenvalue weighted by Gasteiger charge is -2.40. The maximum atomic E-state index is 10.8. The highest BCUT2D eigenvalue weighted by molar-refractivity contribution is 6.30. The van der Waals surface area contributed by atoms with Crippen LogP contribution < -0.4 is 0 Å². The Labute approximate surface area is 191 Å². The van der Waals surface area contributed by atoms with Crippen LogP contribution in [0.2, 0.25) is 5.02 Å². The average molecular weight is 456 g/mol. The average Bonchev–Trinajstić information content (AvgIpc) is 3.26. The summed E-state index contributed by atoms with van der Waals surface area (Å²) in [6, 6.07) is 18.6. The van der Waals surface area contributed by atoms with Crippen LogP contribution >= 0.6 is 11.6 Å². The van der Waals surface area contributed by atoms with Gasteiger partial charge in [0.25, 0.3) is 0 Å². The molecule has 4 rings (SSSR count). The molecule has 1 aromatic heterocycles. The third-order valence-electron chi connectivity index (χ3n) is 5.77. The number of rotatable bonds is 8. The number of hydrogen-bond acceptors (Lipinski definition) is 6. The lowest BCUT2D eigenvalue weighted by molar-refractivity contribution is -0.389. The van der Waals surface area contributed by atoms with Crippen LogP contribution in [0.25, 0.3) is 0 Å². The van der Waals surface area contributed by atoms with Gasteiger partial charge in [-0.05, 0) is 33.2 Å². The molecule has 2 unspecified atom stereocenters. The van der Waals surface area contributed by atoms with Crippen molar-refractivity contribution in [3.8, 4) is 0 Å². The first-order valence-corrected chi connectivity index (χ1v) is 11.0. The monoisotopic (exact) mass is 455 g/mol. The molecule has 1 saturated heterocycles. The summed E-state index contributed by atoms with van der Waals surface area (Å²) in [5, 5.41) is 22.0. The number of nitro groups is 1. The summed E-state index contributed by atoms with van der Waals surface area (Å²) in [5.41, 5.74) is 2.45. The number of piperazine rings is 1. The second kappa shape index (κ2) is 10.2. The molecule has 0 radical (unpaired) electrons. The van der Waals surface area contributed by atoms with Crippen molar-refractivity contribution >= 4 is 17.4 Å². The Bertz CT molecular complexity index is 1020. The number of aliphatic hydroxyl groups excluding tert-OH is 1. The molecule has 0 spiro atoms. The second-order valence-electron chi connectivity index (χ2n) is 8.04. The molecule has 1 aliphatic heterocycles. The van der Waals surface area contributed by atoms with Gasteiger partial charge in [-0.25, -0.2) is 0 Å². The Balaban J connectivity index is 1.37. The molecule has 9 heteroatoms. The lowest BCUT2D eigenvalue weighted by Crippen LogP contribution is -2.50. The molecule has 1 N–H and O–H groups in total. The predicted molar refractivity (Wildman–Crippen MR) is 123 cm³/mol. The van der Waals surface area contributed by atoms with Gasteiger partial charge >= 0.3 is 5.82 Å². The summed E-state index contributed by atoms with van der Waals surface area (Å²) in [6.07, 6.45) is 2.10. The van der Waals surface area contributed by atoms with E-state index in [0.717, 1.165) is 31.2 Å². The topological polar surface area (TPSA) is 87.7 Å². The smallest absolute Gasteiger partial charge is 0.381 e. The fourth-order valence-electron chi connectivity index (χ4n) is 4.24. The van der Waals surface area contributed by atoms with Crippen molar-refractivity contribution in [2.45, 2.75) is 18.7 Å². The maximum Gasteiger partial charge on any atom is 0.381 e.